The van der Waals surface area contributed by atoms with Crippen LogP contribution in [0.3, 0.4) is 0 Å². The average molecular weight is 431 g/mol. The van der Waals surface area contributed by atoms with E-state index < -0.39 is 0 Å². The summed E-state index contributed by atoms with van der Waals surface area (Å²) in [6.07, 6.45) is 2.13. The van der Waals surface area contributed by atoms with Crippen molar-refractivity contribution in [3.05, 3.63) is 46.4 Å². The van der Waals surface area contributed by atoms with Gasteiger partial charge in [0.15, 0.2) is 0 Å². The first-order valence-corrected chi connectivity index (χ1v) is 12.2. The lowest BCUT2D eigenvalue weighted by molar-refractivity contribution is 0.399. The number of aromatic nitrogens is 2. The van der Waals surface area contributed by atoms with Crippen LogP contribution in [0.2, 0.25) is 0 Å². The van der Waals surface area contributed by atoms with Crippen molar-refractivity contribution in [2.24, 2.45) is 5.92 Å². The first kappa shape index (κ1) is 31.4. The van der Waals surface area contributed by atoms with Crippen LogP contribution in [0.5, 0.6) is 0 Å². The fourth-order valence-corrected chi connectivity index (χ4v) is 3.45. The minimum atomic E-state index is 0.453. The Morgan fingerprint density at radius 2 is 1.42 bits per heavy atom. The molecular weight excluding hydrogens is 380 g/mol. The molecule has 0 bridgehead atoms. The second kappa shape index (κ2) is 16.9. The van der Waals surface area contributed by atoms with Crippen molar-refractivity contribution in [3.8, 4) is 11.3 Å². The van der Waals surface area contributed by atoms with Crippen LogP contribution in [-0.2, 0) is 6.42 Å². The van der Waals surface area contributed by atoms with Crippen LogP contribution in [-0.4, -0.2) is 22.2 Å². The molecule has 0 aliphatic heterocycles. The Labute approximate surface area is 193 Å². The third-order valence-corrected chi connectivity index (χ3v) is 5.61. The smallest absolute Gasteiger partial charge is 0.0752 e. The zero-order chi connectivity index (χ0) is 24.7. The second-order valence-corrected chi connectivity index (χ2v) is 7.74. The molecule has 3 heteroatoms. The summed E-state index contributed by atoms with van der Waals surface area (Å²) < 4.78 is 0. The maximum atomic E-state index is 7.00. The molecule has 178 valence electrons. The van der Waals surface area contributed by atoms with E-state index in [9.17, 15) is 0 Å². The number of aliphatic hydroxyl groups excluding tert-OH is 1. The molecule has 2 unspecified atom stereocenters. The maximum Gasteiger partial charge on any atom is 0.0752 e. The number of nitrogens with zero attached hydrogens (tertiary/aromatic N) is 2. The van der Waals surface area contributed by atoms with Crippen LogP contribution >= 0.6 is 0 Å². The molecule has 2 atom stereocenters. The SMILES string of the molecule is CC.CC.CCc1nc(C(C)C)ccc1-c1nc(C)c(C(C)C(C)CC)cc1C.CO. The van der Waals surface area contributed by atoms with E-state index in [-0.39, 0.29) is 0 Å². The third-order valence-electron chi connectivity index (χ3n) is 5.61. The van der Waals surface area contributed by atoms with Gasteiger partial charge in [-0.2, -0.15) is 0 Å². The number of pyridine rings is 2. The maximum absolute atomic E-state index is 7.00. The van der Waals surface area contributed by atoms with Gasteiger partial charge in [0, 0.05) is 29.8 Å². The summed E-state index contributed by atoms with van der Waals surface area (Å²) in [7, 11) is 1.00. The van der Waals surface area contributed by atoms with E-state index in [0.717, 1.165) is 36.3 Å². The molecule has 3 nitrogen and oxygen atoms in total. The Balaban J connectivity index is 0. The van der Waals surface area contributed by atoms with Gasteiger partial charge in [-0.05, 0) is 61.3 Å². The molecule has 0 aromatic carbocycles. The summed E-state index contributed by atoms with van der Waals surface area (Å²) in [6.45, 7) is 25.8. The molecule has 0 fully saturated rings. The predicted molar refractivity (Wildman–Crippen MR) is 139 cm³/mol. The Hall–Kier alpha value is -1.74. The van der Waals surface area contributed by atoms with Crippen LogP contribution in [0.4, 0.5) is 0 Å². The van der Waals surface area contributed by atoms with E-state index >= 15 is 0 Å². The molecule has 0 aliphatic carbocycles. The molecule has 2 rings (SSSR count). The standard InChI is InChI=1S/C23H34N2.2C2H6.CH4O/c1-9-15(5)17(7)20-13-16(6)23(24-18(20)8)19-11-12-22(14(3)4)25-21(19)10-2;3*1-2/h11-15,17H,9-10H2,1-8H3;2*1-2H3;2H,1H3. The first-order valence-electron chi connectivity index (χ1n) is 12.2. The minimum Gasteiger partial charge on any atom is -0.400 e. The lowest BCUT2D eigenvalue weighted by Crippen LogP contribution is -2.09. The summed E-state index contributed by atoms with van der Waals surface area (Å²) in [5.74, 6) is 1.66. The molecule has 2 heterocycles. The Morgan fingerprint density at radius 3 is 1.87 bits per heavy atom. The lowest BCUT2D eigenvalue weighted by atomic mass is 9.85. The van der Waals surface area contributed by atoms with Crippen molar-refractivity contribution in [1.82, 2.24) is 9.97 Å². The van der Waals surface area contributed by atoms with Crippen LogP contribution in [0, 0.1) is 19.8 Å². The fraction of sp³-hybridized carbons (Fsp3) is 0.643. The van der Waals surface area contributed by atoms with Crippen LogP contribution in [0.1, 0.15) is 116 Å². The number of hydrogen-bond acceptors (Lipinski definition) is 3. The molecule has 1 N–H and O–H groups in total. The number of hydrogen-bond donors (Lipinski definition) is 1. The largest absolute Gasteiger partial charge is 0.400 e. The molecule has 2 aromatic heterocycles. The zero-order valence-electron chi connectivity index (χ0n) is 22.7. The van der Waals surface area contributed by atoms with E-state index in [1.165, 1.54) is 23.1 Å². The molecular formula is C28H50N2O. The highest BCUT2D eigenvalue weighted by molar-refractivity contribution is 5.66. The Morgan fingerprint density at radius 1 is 0.871 bits per heavy atom. The molecule has 0 spiro atoms. The van der Waals surface area contributed by atoms with E-state index in [1.807, 2.05) is 27.7 Å². The molecule has 0 radical (unpaired) electrons. The topological polar surface area (TPSA) is 46.0 Å². The normalized spacial score (nSPS) is 11.8. The number of rotatable bonds is 6. The zero-order valence-corrected chi connectivity index (χ0v) is 22.7. The first-order chi connectivity index (χ1) is 14.8. The Kier molecular flexibility index (Phi) is 17.1. The van der Waals surface area contributed by atoms with Gasteiger partial charge >= 0.3 is 0 Å². The van der Waals surface area contributed by atoms with Crippen molar-refractivity contribution in [3.63, 3.8) is 0 Å². The monoisotopic (exact) mass is 430 g/mol. The van der Waals surface area contributed by atoms with Gasteiger partial charge in [0.1, 0.15) is 0 Å². The fourth-order valence-electron chi connectivity index (χ4n) is 3.45. The minimum absolute atomic E-state index is 0.453. The van der Waals surface area contributed by atoms with Crippen molar-refractivity contribution in [2.75, 3.05) is 7.11 Å². The van der Waals surface area contributed by atoms with Gasteiger partial charge in [0.2, 0.25) is 0 Å². The van der Waals surface area contributed by atoms with Gasteiger partial charge in [-0.15, -0.1) is 0 Å². The molecule has 31 heavy (non-hydrogen) atoms. The van der Waals surface area contributed by atoms with Crippen LogP contribution in [0.25, 0.3) is 11.3 Å². The van der Waals surface area contributed by atoms with Crippen LogP contribution < -0.4 is 0 Å². The van der Waals surface area contributed by atoms with Gasteiger partial charge in [0.05, 0.1) is 5.69 Å². The van der Waals surface area contributed by atoms with Crippen molar-refractivity contribution in [2.45, 2.75) is 108 Å². The lowest BCUT2D eigenvalue weighted by Gasteiger charge is -2.22. The predicted octanol–water partition coefficient (Wildman–Crippen LogP) is 8.26. The van der Waals surface area contributed by atoms with E-state index in [2.05, 4.69) is 73.6 Å². The molecule has 0 saturated heterocycles. The number of aryl methyl sites for hydroxylation is 3. The number of aliphatic hydroxyl groups is 1. The van der Waals surface area contributed by atoms with Crippen molar-refractivity contribution < 1.29 is 5.11 Å². The third kappa shape index (κ3) is 8.73. The van der Waals surface area contributed by atoms with Crippen molar-refractivity contribution >= 4 is 0 Å². The highest BCUT2D eigenvalue weighted by Gasteiger charge is 2.19. The summed E-state index contributed by atoms with van der Waals surface area (Å²) in [6, 6.07) is 6.73. The van der Waals surface area contributed by atoms with Gasteiger partial charge in [-0.1, -0.05) is 81.7 Å². The van der Waals surface area contributed by atoms with Gasteiger partial charge < -0.3 is 5.11 Å². The summed E-state index contributed by atoms with van der Waals surface area (Å²) in [4.78, 5) is 9.92. The Bertz CT molecular complexity index is 738. The highest BCUT2D eigenvalue weighted by atomic mass is 16.2. The van der Waals surface area contributed by atoms with E-state index in [0.29, 0.717) is 17.8 Å². The summed E-state index contributed by atoms with van der Waals surface area (Å²) in [5, 5.41) is 7.00. The van der Waals surface area contributed by atoms with Gasteiger partial charge in [0.25, 0.3) is 0 Å². The highest BCUT2D eigenvalue weighted by Crippen LogP contribution is 2.33. The van der Waals surface area contributed by atoms with Crippen molar-refractivity contribution in [1.29, 1.82) is 0 Å². The molecule has 0 aliphatic rings. The quantitative estimate of drug-likeness (QED) is 0.501. The molecule has 2 aromatic rings. The van der Waals surface area contributed by atoms with Crippen LogP contribution in [0.15, 0.2) is 18.2 Å². The summed E-state index contributed by atoms with van der Waals surface area (Å²) >= 11 is 0. The van der Waals surface area contributed by atoms with Gasteiger partial charge in [-0.25, -0.2) is 0 Å². The summed E-state index contributed by atoms with van der Waals surface area (Å²) in [5.41, 5.74) is 8.40. The van der Waals surface area contributed by atoms with Gasteiger partial charge in [-0.3, -0.25) is 9.97 Å². The molecule has 0 amide bonds. The molecule has 0 saturated carbocycles. The second-order valence-electron chi connectivity index (χ2n) is 7.74. The average Bonchev–Trinajstić information content (AvgIpc) is 2.82. The van der Waals surface area contributed by atoms with E-state index in [4.69, 9.17) is 15.1 Å². The van der Waals surface area contributed by atoms with E-state index in [1.54, 1.807) is 0 Å².